The van der Waals surface area contributed by atoms with Crippen LogP contribution in [0.1, 0.15) is 27.2 Å². The highest BCUT2D eigenvalue weighted by atomic mass is 16.7. The predicted octanol–water partition coefficient (Wildman–Crippen LogP) is 1.37. The van der Waals surface area contributed by atoms with Gasteiger partial charge in [0.1, 0.15) is 0 Å². The minimum absolute atomic E-state index is 0.113. The second kappa shape index (κ2) is 7.78. The van der Waals surface area contributed by atoms with Gasteiger partial charge in [-0.05, 0) is 20.8 Å². The molecule has 0 saturated heterocycles. The van der Waals surface area contributed by atoms with Gasteiger partial charge in [0.2, 0.25) is 12.1 Å². The molecule has 0 unspecified atom stereocenters. The van der Waals surface area contributed by atoms with Crippen LogP contribution >= 0.6 is 0 Å². The number of hydrogen-bond donors (Lipinski definition) is 0. The topological polar surface area (TPSA) is 35.5 Å². The third kappa shape index (κ3) is 5.40. The second-order valence-corrected chi connectivity index (χ2v) is 2.31. The van der Waals surface area contributed by atoms with E-state index in [-0.39, 0.29) is 12.2 Å². The molecule has 0 saturated carbocycles. The van der Waals surface area contributed by atoms with Gasteiger partial charge in [0.15, 0.2) is 0 Å². The molecule has 0 heterocycles. The van der Waals surface area contributed by atoms with Crippen molar-refractivity contribution in [1.82, 2.24) is 0 Å². The second-order valence-electron chi connectivity index (χ2n) is 2.31. The fourth-order valence-corrected chi connectivity index (χ4v) is 0.796. The fraction of sp³-hybridized carbons (Fsp3) is 0.700. The lowest BCUT2D eigenvalue weighted by molar-refractivity contribution is -0.166. The zero-order chi connectivity index (χ0) is 10.1. The molecule has 0 aliphatic heterocycles. The van der Waals surface area contributed by atoms with Crippen LogP contribution in [0.5, 0.6) is 0 Å². The van der Waals surface area contributed by atoms with Gasteiger partial charge in [-0.25, -0.2) is 0 Å². The highest BCUT2D eigenvalue weighted by Gasteiger charge is 2.16. The van der Waals surface area contributed by atoms with Crippen molar-refractivity contribution in [3.8, 4) is 11.8 Å². The first-order chi connectivity index (χ1) is 6.26. The Morgan fingerprint density at radius 1 is 1.31 bits per heavy atom. The molecule has 13 heavy (non-hydrogen) atoms. The third-order valence-electron chi connectivity index (χ3n) is 1.34. The Bertz CT molecular complexity index is 194. The van der Waals surface area contributed by atoms with Crippen LogP contribution in [0.3, 0.4) is 0 Å². The zero-order valence-corrected chi connectivity index (χ0v) is 8.42. The van der Waals surface area contributed by atoms with Crippen molar-refractivity contribution in [2.45, 2.75) is 33.5 Å². The quantitative estimate of drug-likeness (QED) is 0.462. The first kappa shape index (κ1) is 12.2. The fourth-order valence-electron chi connectivity index (χ4n) is 0.796. The summed E-state index contributed by atoms with van der Waals surface area (Å²) in [7, 11) is 0. The van der Waals surface area contributed by atoms with Crippen molar-refractivity contribution in [3.63, 3.8) is 0 Å². The van der Waals surface area contributed by atoms with E-state index in [1.54, 1.807) is 6.92 Å². The van der Waals surface area contributed by atoms with Crippen LogP contribution in [0.25, 0.3) is 0 Å². The Hall–Kier alpha value is -0.850. The van der Waals surface area contributed by atoms with E-state index >= 15 is 0 Å². The minimum atomic E-state index is -0.740. The van der Waals surface area contributed by atoms with E-state index in [0.29, 0.717) is 13.2 Å². The number of ether oxygens (including phenoxy) is 2. The Morgan fingerprint density at radius 3 is 2.23 bits per heavy atom. The highest BCUT2D eigenvalue weighted by Crippen LogP contribution is 1.99. The molecule has 0 atom stereocenters. The smallest absolute Gasteiger partial charge is 0.218 e. The summed E-state index contributed by atoms with van der Waals surface area (Å²) in [5.74, 6) is 5.23. The molecule has 0 aromatic carbocycles. The lowest BCUT2D eigenvalue weighted by atomic mass is 10.3. The SMILES string of the molecule is CC#CCC(=O)C(OCC)OCC. The monoisotopic (exact) mass is 184 g/mol. The van der Waals surface area contributed by atoms with Gasteiger partial charge in [-0.3, -0.25) is 4.79 Å². The van der Waals surface area contributed by atoms with Gasteiger partial charge in [0.05, 0.1) is 6.42 Å². The Labute approximate surface area is 79.4 Å². The predicted molar refractivity (Wildman–Crippen MR) is 50.1 cm³/mol. The molecule has 0 aliphatic rings. The van der Waals surface area contributed by atoms with Gasteiger partial charge >= 0.3 is 0 Å². The van der Waals surface area contributed by atoms with Crippen LogP contribution in [0.4, 0.5) is 0 Å². The van der Waals surface area contributed by atoms with Crippen LogP contribution in [0.15, 0.2) is 0 Å². The summed E-state index contributed by atoms with van der Waals surface area (Å²) < 4.78 is 10.2. The first-order valence-electron chi connectivity index (χ1n) is 4.41. The average molecular weight is 184 g/mol. The van der Waals surface area contributed by atoms with E-state index in [1.807, 2.05) is 13.8 Å². The molecule has 0 fully saturated rings. The average Bonchev–Trinajstić information content (AvgIpc) is 2.14. The largest absolute Gasteiger partial charge is 0.346 e. The van der Waals surface area contributed by atoms with Gasteiger partial charge in [0, 0.05) is 13.2 Å². The Kier molecular flexibility index (Phi) is 7.27. The number of Topliss-reactive ketones (excluding diaryl/α,β-unsaturated/α-hetero) is 1. The van der Waals surface area contributed by atoms with Gasteiger partial charge in [-0.15, -0.1) is 5.92 Å². The summed E-state index contributed by atoms with van der Waals surface area (Å²) in [6, 6.07) is 0. The summed E-state index contributed by atoms with van der Waals surface area (Å²) in [6.07, 6.45) is -0.544. The molecule has 0 aromatic rings. The van der Waals surface area contributed by atoms with Crippen molar-refractivity contribution >= 4 is 5.78 Å². The summed E-state index contributed by atoms with van der Waals surface area (Å²) >= 11 is 0. The molecular weight excluding hydrogens is 168 g/mol. The van der Waals surface area contributed by atoms with Gasteiger partial charge < -0.3 is 9.47 Å². The van der Waals surface area contributed by atoms with E-state index in [1.165, 1.54) is 0 Å². The van der Waals surface area contributed by atoms with E-state index in [4.69, 9.17) is 9.47 Å². The van der Waals surface area contributed by atoms with E-state index in [2.05, 4.69) is 11.8 Å². The molecule has 0 aliphatic carbocycles. The lowest BCUT2D eigenvalue weighted by Crippen LogP contribution is -2.27. The van der Waals surface area contributed by atoms with Gasteiger partial charge in [-0.2, -0.15) is 0 Å². The molecule has 0 aromatic heterocycles. The van der Waals surface area contributed by atoms with Crippen molar-refractivity contribution in [2.75, 3.05) is 13.2 Å². The number of ketones is 1. The number of carbonyl (C=O) groups excluding carboxylic acids is 1. The maximum atomic E-state index is 11.3. The Morgan fingerprint density at radius 2 is 1.85 bits per heavy atom. The Balaban J connectivity index is 3.99. The summed E-state index contributed by atoms with van der Waals surface area (Å²) in [6.45, 7) is 6.28. The molecule has 3 nitrogen and oxygen atoms in total. The van der Waals surface area contributed by atoms with E-state index in [9.17, 15) is 4.79 Å². The molecule has 0 spiro atoms. The molecule has 3 heteroatoms. The molecule has 0 rings (SSSR count). The van der Waals surface area contributed by atoms with Gasteiger partial charge in [0.25, 0.3) is 0 Å². The number of carbonyl (C=O) groups is 1. The minimum Gasteiger partial charge on any atom is -0.346 e. The summed E-state index contributed by atoms with van der Waals surface area (Å²) in [5.41, 5.74) is 0. The van der Waals surface area contributed by atoms with Crippen LogP contribution in [-0.2, 0) is 14.3 Å². The summed E-state index contributed by atoms with van der Waals surface area (Å²) in [4.78, 5) is 11.3. The normalized spacial score (nSPS) is 9.54. The van der Waals surface area contributed by atoms with Crippen molar-refractivity contribution in [3.05, 3.63) is 0 Å². The number of hydrogen-bond acceptors (Lipinski definition) is 3. The molecule has 0 amide bonds. The van der Waals surface area contributed by atoms with Crippen molar-refractivity contribution in [1.29, 1.82) is 0 Å². The highest BCUT2D eigenvalue weighted by molar-refractivity contribution is 5.84. The molecule has 0 bridgehead atoms. The molecule has 0 radical (unpaired) electrons. The summed E-state index contributed by atoms with van der Waals surface area (Å²) in [5, 5.41) is 0. The van der Waals surface area contributed by atoms with Crippen LogP contribution in [-0.4, -0.2) is 25.3 Å². The van der Waals surface area contributed by atoms with Crippen molar-refractivity contribution in [2.24, 2.45) is 0 Å². The first-order valence-corrected chi connectivity index (χ1v) is 4.41. The van der Waals surface area contributed by atoms with E-state index < -0.39 is 6.29 Å². The third-order valence-corrected chi connectivity index (χ3v) is 1.34. The molecule has 0 N–H and O–H groups in total. The standard InChI is InChI=1S/C10H16O3/c1-4-7-8-9(11)10(12-5-2)13-6-3/h10H,5-6,8H2,1-3H3. The number of rotatable bonds is 6. The van der Waals surface area contributed by atoms with E-state index in [0.717, 1.165) is 0 Å². The van der Waals surface area contributed by atoms with Crippen LogP contribution in [0.2, 0.25) is 0 Å². The van der Waals surface area contributed by atoms with Crippen LogP contribution < -0.4 is 0 Å². The van der Waals surface area contributed by atoms with Crippen LogP contribution in [0, 0.1) is 11.8 Å². The van der Waals surface area contributed by atoms with Gasteiger partial charge in [-0.1, -0.05) is 5.92 Å². The maximum Gasteiger partial charge on any atom is 0.218 e. The lowest BCUT2D eigenvalue weighted by Gasteiger charge is -2.13. The van der Waals surface area contributed by atoms with Crippen molar-refractivity contribution < 1.29 is 14.3 Å². The maximum absolute atomic E-state index is 11.3. The molecular formula is C10H16O3. The molecule has 74 valence electrons. The zero-order valence-electron chi connectivity index (χ0n) is 8.42.